The Morgan fingerprint density at radius 3 is 2.72 bits per heavy atom. The highest BCUT2D eigenvalue weighted by molar-refractivity contribution is 5.94. The smallest absolute Gasteiger partial charge is 0.254 e. The third-order valence-electron chi connectivity index (χ3n) is 3.22. The number of halogens is 2. The van der Waals surface area contributed by atoms with E-state index in [1.165, 1.54) is 0 Å². The maximum absolute atomic E-state index is 13.4. The summed E-state index contributed by atoms with van der Waals surface area (Å²) in [7, 11) is 0. The first-order chi connectivity index (χ1) is 8.58. The van der Waals surface area contributed by atoms with Gasteiger partial charge in [-0.2, -0.15) is 0 Å². The Bertz CT molecular complexity index is 451. The molecule has 5 heteroatoms. The molecule has 0 saturated heterocycles. The molecular formula is C13H15F2NO2. The van der Waals surface area contributed by atoms with Gasteiger partial charge in [-0.05, 0) is 31.0 Å². The van der Waals surface area contributed by atoms with Crippen LogP contribution in [0.25, 0.3) is 0 Å². The molecule has 1 aromatic rings. The number of hydrogen-bond acceptors (Lipinski definition) is 2. The van der Waals surface area contributed by atoms with Crippen molar-refractivity contribution in [3.05, 3.63) is 35.4 Å². The molecule has 0 bridgehead atoms. The highest BCUT2D eigenvalue weighted by atomic mass is 19.1. The molecule has 0 spiro atoms. The number of carbonyl (C=O) groups is 1. The Labute approximate surface area is 104 Å². The maximum atomic E-state index is 13.4. The molecule has 0 heterocycles. The number of rotatable bonds is 2. The molecular weight excluding hydrogens is 240 g/mol. The zero-order valence-electron chi connectivity index (χ0n) is 9.83. The summed E-state index contributed by atoms with van der Waals surface area (Å²) in [5.74, 6) is -2.11. The summed E-state index contributed by atoms with van der Waals surface area (Å²) in [5, 5.41) is 12.3. The number of amides is 1. The molecule has 1 amide bonds. The normalized spacial score (nSPS) is 23.7. The van der Waals surface area contributed by atoms with Gasteiger partial charge in [0.15, 0.2) is 0 Å². The van der Waals surface area contributed by atoms with Crippen molar-refractivity contribution in [2.45, 2.75) is 37.8 Å². The van der Waals surface area contributed by atoms with Crippen molar-refractivity contribution in [1.82, 2.24) is 5.32 Å². The van der Waals surface area contributed by atoms with Gasteiger partial charge in [-0.15, -0.1) is 0 Å². The van der Waals surface area contributed by atoms with Gasteiger partial charge in [0.05, 0.1) is 17.7 Å². The maximum Gasteiger partial charge on any atom is 0.254 e. The minimum absolute atomic E-state index is 0.326. The number of hydrogen-bond donors (Lipinski definition) is 2. The van der Waals surface area contributed by atoms with Gasteiger partial charge in [-0.3, -0.25) is 4.79 Å². The van der Waals surface area contributed by atoms with E-state index in [9.17, 15) is 18.7 Å². The quantitative estimate of drug-likeness (QED) is 0.849. The molecule has 2 atom stereocenters. The van der Waals surface area contributed by atoms with E-state index in [0.29, 0.717) is 12.8 Å². The summed E-state index contributed by atoms with van der Waals surface area (Å²) in [5.41, 5.74) is -0.326. The Hall–Kier alpha value is -1.49. The lowest BCUT2D eigenvalue weighted by Gasteiger charge is -2.28. The van der Waals surface area contributed by atoms with Crippen molar-refractivity contribution < 1.29 is 18.7 Å². The van der Waals surface area contributed by atoms with Gasteiger partial charge < -0.3 is 10.4 Å². The third-order valence-corrected chi connectivity index (χ3v) is 3.22. The summed E-state index contributed by atoms with van der Waals surface area (Å²) in [4.78, 5) is 11.8. The first kappa shape index (κ1) is 13.0. The van der Waals surface area contributed by atoms with Crippen molar-refractivity contribution >= 4 is 5.91 Å². The van der Waals surface area contributed by atoms with E-state index in [-0.39, 0.29) is 11.6 Å². The minimum Gasteiger partial charge on any atom is -0.391 e. The number of nitrogens with one attached hydrogen (secondary N) is 1. The lowest BCUT2D eigenvalue weighted by molar-refractivity contribution is 0.0714. The molecule has 0 aromatic heterocycles. The fraction of sp³-hybridized carbons (Fsp3) is 0.462. The van der Waals surface area contributed by atoms with Gasteiger partial charge in [0.25, 0.3) is 5.91 Å². The van der Waals surface area contributed by atoms with Crippen LogP contribution in [0.15, 0.2) is 18.2 Å². The van der Waals surface area contributed by atoms with Gasteiger partial charge in [0, 0.05) is 0 Å². The van der Waals surface area contributed by atoms with Crippen LogP contribution in [0.3, 0.4) is 0 Å². The van der Waals surface area contributed by atoms with Gasteiger partial charge in [0.2, 0.25) is 0 Å². The lowest BCUT2D eigenvalue weighted by atomic mass is 9.92. The van der Waals surface area contributed by atoms with Crippen LogP contribution >= 0.6 is 0 Å². The second-order valence-corrected chi connectivity index (χ2v) is 4.56. The molecule has 0 unspecified atom stereocenters. The Kier molecular flexibility index (Phi) is 3.91. The Morgan fingerprint density at radius 2 is 2.00 bits per heavy atom. The molecule has 1 fully saturated rings. The van der Waals surface area contributed by atoms with Crippen LogP contribution in [0.5, 0.6) is 0 Å². The topological polar surface area (TPSA) is 49.3 Å². The van der Waals surface area contributed by atoms with Crippen LogP contribution in [0.1, 0.15) is 36.0 Å². The molecule has 98 valence electrons. The van der Waals surface area contributed by atoms with Gasteiger partial charge in [0.1, 0.15) is 11.6 Å². The fourth-order valence-electron chi connectivity index (χ4n) is 2.20. The van der Waals surface area contributed by atoms with Crippen molar-refractivity contribution in [3.8, 4) is 0 Å². The number of benzene rings is 1. The molecule has 1 aliphatic carbocycles. The van der Waals surface area contributed by atoms with Crippen LogP contribution in [-0.4, -0.2) is 23.2 Å². The lowest BCUT2D eigenvalue weighted by Crippen LogP contribution is -2.45. The van der Waals surface area contributed by atoms with Crippen LogP contribution in [0.4, 0.5) is 8.78 Å². The summed E-state index contributed by atoms with van der Waals surface area (Å²) in [6, 6.07) is 2.36. The van der Waals surface area contributed by atoms with E-state index < -0.39 is 23.6 Å². The van der Waals surface area contributed by atoms with Crippen molar-refractivity contribution in [2.75, 3.05) is 0 Å². The average Bonchev–Trinajstić information content (AvgIpc) is 2.35. The summed E-state index contributed by atoms with van der Waals surface area (Å²) >= 11 is 0. The van der Waals surface area contributed by atoms with Crippen molar-refractivity contribution in [2.24, 2.45) is 0 Å². The molecule has 0 radical (unpaired) electrons. The zero-order chi connectivity index (χ0) is 13.1. The summed E-state index contributed by atoms with van der Waals surface area (Å²) < 4.78 is 26.3. The monoisotopic (exact) mass is 255 g/mol. The largest absolute Gasteiger partial charge is 0.391 e. The van der Waals surface area contributed by atoms with Gasteiger partial charge >= 0.3 is 0 Å². The van der Waals surface area contributed by atoms with E-state index in [2.05, 4.69) is 5.32 Å². The molecule has 2 rings (SSSR count). The van der Waals surface area contributed by atoms with E-state index in [1.54, 1.807) is 0 Å². The summed E-state index contributed by atoms with van der Waals surface area (Å²) in [6.07, 6.45) is 2.50. The minimum atomic E-state index is -0.765. The molecule has 18 heavy (non-hydrogen) atoms. The van der Waals surface area contributed by atoms with Crippen molar-refractivity contribution in [1.29, 1.82) is 0 Å². The van der Waals surface area contributed by atoms with Crippen LogP contribution < -0.4 is 5.32 Å². The van der Waals surface area contributed by atoms with Crippen LogP contribution in [-0.2, 0) is 0 Å². The van der Waals surface area contributed by atoms with Crippen molar-refractivity contribution in [3.63, 3.8) is 0 Å². The first-order valence-electron chi connectivity index (χ1n) is 6.02. The molecule has 1 aromatic carbocycles. The number of aliphatic hydroxyl groups is 1. The van der Waals surface area contributed by atoms with Crippen LogP contribution in [0, 0.1) is 11.6 Å². The first-order valence-corrected chi connectivity index (χ1v) is 6.02. The predicted octanol–water partition coefficient (Wildman–Crippen LogP) is 2.00. The molecule has 1 aliphatic rings. The zero-order valence-corrected chi connectivity index (χ0v) is 9.83. The molecule has 0 aliphatic heterocycles. The second kappa shape index (κ2) is 5.44. The molecule has 2 N–H and O–H groups in total. The highest BCUT2D eigenvalue weighted by Crippen LogP contribution is 2.19. The van der Waals surface area contributed by atoms with E-state index in [0.717, 1.165) is 31.0 Å². The van der Waals surface area contributed by atoms with Gasteiger partial charge in [-0.1, -0.05) is 12.8 Å². The van der Waals surface area contributed by atoms with E-state index in [1.807, 2.05) is 0 Å². The SMILES string of the molecule is O=C(N[C@H]1CCCC[C@@H]1O)c1cc(F)ccc1F. The van der Waals surface area contributed by atoms with E-state index >= 15 is 0 Å². The summed E-state index contributed by atoms with van der Waals surface area (Å²) in [6.45, 7) is 0. The Morgan fingerprint density at radius 1 is 1.28 bits per heavy atom. The molecule has 3 nitrogen and oxygen atoms in total. The number of aliphatic hydroxyl groups excluding tert-OH is 1. The second-order valence-electron chi connectivity index (χ2n) is 4.56. The molecule has 1 saturated carbocycles. The highest BCUT2D eigenvalue weighted by Gasteiger charge is 2.25. The predicted molar refractivity (Wildman–Crippen MR) is 62.1 cm³/mol. The average molecular weight is 255 g/mol. The van der Waals surface area contributed by atoms with E-state index in [4.69, 9.17) is 0 Å². The van der Waals surface area contributed by atoms with Crippen LogP contribution in [0.2, 0.25) is 0 Å². The fourth-order valence-corrected chi connectivity index (χ4v) is 2.20. The van der Waals surface area contributed by atoms with Gasteiger partial charge in [-0.25, -0.2) is 8.78 Å². The number of carbonyl (C=O) groups excluding carboxylic acids is 1. The Balaban J connectivity index is 2.09. The standard InChI is InChI=1S/C13H15F2NO2/c14-8-5-6-10(15)9(7-8)13(18)16-11-3-1-2-4-12(11)17/h5-7,11-12,17H,1-4H2,(H,16,18)/t11-,12-/m0/s1. The third kappa shape index (κ3) is 2.85.